The lowest BCUT2D eigenvalue weighted by Crippen LogP contribution is -2.26. The van der Waals surface area contributed by atoms with E-state index in [1.807, 2.05) is 6.92 Å². The molecule has 0 saturated heterocycles. The van der Waals surface area contributed by atoms with Crippen molar-refractivity contribution in [2.24, 2.45) is 5.73 Å². The average Bonchev–Trinajstić information content (AvgIpc) is 3.28. The zero-order chi connectivity index (χ0) is 17.0. The van der Waals surface area contributed by atoms with Gasteiger partial charge in [-0.3, -0.25) is 4.79 Å². The quantitative estimate of drug-likeness (QED) is 0.637. The fourth-order valence-electron chi connectivity index (χ4n) is 2.03. The number of rotatable bonds is 8. The van der Waals surface area contributed by atoms with Gasteiger partial charge in [-0.2, -0.15) is 0 Å². The van der Waals surface area contributed by atoms with Crippen molar-refractivity contribution in [3.8, 4) is 5.75 Å². The minimum Gasteiger partial charge on any atom is -0.495 e. The fourth-order valence-corrected chi connectivity index (χ4v) is 3.53. The molecule has 9 heteroatoms. The number of methoxy groups -OCH3 is 1. The van der Waals surface area contributed by atoms with E-state index in [4.69, 9.17) is 10.5 Å². The van der Waals surface area contributed by atoms with E-state index in [1.165, 1.54) is 19.2 Å². The predicted octanol–water partition coefficient (Wildman–Crippen LogP) is 1.62. The highest BCUT2D eigenvalue weighted by atomic mass is 35.5. The van der Waals surface area contributed by atoms with Crippen LogP contribution in [0.5, 0.6) is 5.75 Å². The maximum absolute atomic E-state index is 12.4. The van der Waals surface area contributed by atoms with Crippen LogP contribution in [0.15, 0.2) is 23.1 Å². The Bertz CT molecular complexity index is 675. The minimum absolute atomic E-state index is 0. The van der Waals surface area contributed by atoms with Gasteiger partial charge in [0, 0.05) is 24.2 Å². The summed E-state index contributed by atoms with van der Waals surface area (Å²) in [7, 11) is -2.26. The molecule has 1 fully saturated rings. The van der Waals surface area contributed by atoms with Crippen molar-refractivity contribution in [1.29, 1.82) is 0 Å². The number of sulfonamides is 1. The van der Waals surface area contributed by atoms with E-state index in [9.17, 15) is 13.2 Å². The number of ether oxygens (including phenoxy) is 1. The molecule has 2 rings (SSSR count). The average molecular weight is 378 g/mol. The smallest absolute Gasteiger partial charge is 0.244 e. The lowest BCUT2D eigenvalue weighted by atomic mass is 10.2. The first-order valence-electron chi connectivity index (χ1n) is 7.57. The number of hydrogen-bond acceptors (Lipinski definition) is 5. The number of halogens is 1. The molecule has 1 amide bonds. The molecule has 0 bridgehead atoms. The van der Waals surface area contributed by atoms with Crippen LogP contribution in [0.2, 0.25) is 0 Å². The van der Waals surface area contributed by atoms with Crippen LogP contribution in [0, 0.1) is 0 Å². The van der Waals surface area contributed by atoms with Gasteiger partial charge < -0.3 is 15.8 Å². The molecule has 0 heterocycles. The van der Waals surface area contributed by atoms with Crippen molar-refractivity contribution in [1.82, 2.24) is 4.72 Å². The van der Waals surface area contributed by atoms with E-state index in [0.717, 1.165) is 12.8 Å². The SMILES string of the molecule is COc1ccc(NC(=O)CCC(C)N)cc1S(=O)(=O)NC1CC1.Cl. The van der Waals surface area contributed by atoms with Crippen LogP contribution in [0.4, 0.5) is 5.69 Å². The van der Waals surface area contributed by atoms with Gasteiger partial charge in [0.2, 0.25) is 15.9 Å². The van der Waals surface area contributed by atoms with Gasteiger partial charge in [-0.15, -0.1) is 12.4 Å². The molecule has 24 heavy (non-hydrogen) atoms. The van der Waals surface area contributed by atoms with Crippen LogP contribution in [0.3, 0.4) is 0 Å². The number of nitrogens with two attached hydrogens (primary N) is 1. The summed E-state index contributed by atoms with van der Waals surface area (Å²) in [5.41, 5.74) is 6.03. The molecule has 0 spiro atoms. The Morgan fingerprint density at radius 2 is 2.08 bits per heavy atom. The third kappa shape index (κ3) is 5.94. The Kier molecular flexibility index (Phi) is 7.47. The van der Waals surface area contributed by atoms with Gasteiger partial charge >= 0.3 is 0 Å². The summed E-state index contributed by atoms with van der Waals surface area (Å²) >= 11 is 0. The van der Waals surface area contributed by atoms with Crippen molar-refractivity contribution in [3.05, 3.63) is 18.2 Å². The second-order valence-corrected chi connectivity index (χ2v) is 7.51. The summed E-state index contributed by atoms with van der Waals surface area (Å²) in [6.07, 6.45) is 2.53. The Morgan fingerprint density at radius 1 is 1.42 bits per heavy atom. The molecule has 1 unspecified atom stereocenters. The molecule has 0 radical (unpaired) electrons. The molecule has 136 valence electrons. The van der Waals surface area contributed by atoms with Crippen LogP contribution in [0.25, 0.3) is 0 Å². The molecule has 1 atom stereocenters. The maximum Gasteiger partial charge on any atom is 0.244 e. The molecule has 0 aliphatic heterocycles. The van der Waals surface area contributed by atoms with E-state index in [0.29, 0.717) is 12.1 Å². The van der Waals surface area contributed by atoms with Crippen LogP contribution >= 0.6 is 12.4 Å². The first kappa shape index (κ1) is 20.7. The van der Waals surface area contributed by atoms with Crippen molar-refractivity contribution in [3.63, 3.8) is 0 Å². The van der Waals surface area contributed by atoms with Gasteiger partial charge in [-0.1, -0.05) is 0 Å². The highest BCUT2D eigenvalue weighted by Gasteiger charge is 2.30. The first-order chi connectivity index (χ1) is 10.8. The topological polar surface area (TPSA) is 111 Å². The third-order valence-electron chi connectivity index (χ3n) is 3.46. The minimum atomic E-state index is -3.67. The molecule has 1 saturated carbocycles. The Hall–Kier alpha value is -1.35. The maximum atomic E-state index is 12.4. The Labute approximate surface area is 148 Å². The van der Waals surface area contributed by atoms with Gasteiger partial charge in [0.15, 0.2) is 0 Å². The Balaban J connectivity index is 0.00000288. The second-order valence-electron chi connectivity index (χ2n) is 5.83. The molecule has 0 aromatic heterocycles. The van der Waals surface area contributed by atoms with Crippen LogP contribution < -0.4 is 20.5 Å². The summed E-state index contributed by atoms with van der Waals surface area (Å²) in [5, 5.41) is 2.69. The van der Waals surface area contributed by atoms with Gasteiger partial charge in [-0.05, 0) is 44.4 Å². The summed E-state index contributed by atoms with van der Waals surface area (Å²) in [6, 6.07) is 4.48. The third-order valence-corrected chi connectivity index (χ3v) is 5.00. The summed E-state index contributed by atoms with van der Waals surface area (Å²) < 4.78 is 32.5. The number of amides is 1. The number of carbonyl (C=O) groups is 1. The summed E-state index contributed by atoms with van der Waals surface area (Å²) in [6.45, 7) is 1.83. The van der Waals surface area contributed by atoms with Crippen molar-refractivity contribution in [2.45, 2.75) is 49.6 Å². The van der Waals surface area contributed by atoms with E-state index in [-0.39, 0.29) is 47.5 Å². The van der Waals surface area contributed by atoms with Gasteiger partial charge in [0.25, 0.3) is 0 Å². The molecular weight excluding hydrogens is 354 g/mol. The highest BCUT2D eigenvalue weighted by molar-refractivity contribution is 7.89. The molecule has 1 aliphatic carbocycles. The van der Waals surface area contributed by atoms with E-state index < -0.39 is 10.0 Å². The molecular formula is C15H24ClN3O4S. The normalized spacial score (nSPS) is 15.3. The van der Waals surface area contributed by atoms with E-state index in [2.05, 4.69) is 10.0 Å². The van der Waals surface area contributed by atoms with Crippen molar-refractivity contribution >= 4 is 34.0 Å². The van der Waals surface area contributed by atoms with Gasteiger partial charge in [0.1, 0.15) is 10.6 Å². The Morgan fingerprint density at radius 3 is 2.62 bits per heavy atom. The predicted molar refractivity (Wildman–Crippen MR) is 95.1 cm³/mol. The zero-order valence-electron chi connectivity index (χ0n) is 13.7. The highest BCUT2D eigenvalue weighted by Crippen LogP contribution is 2.29. The van der Waals surface area contributed by atoms with Crippen molar-refractivity contribution < 1.29 is 17.9 Å². The number of hydrogen-bond donors (Lipinski definition) is 3. The fraction of sp³-hybridized carbons (Fsp3) is 0.533. The lowest BCUT2D eigenvalue weighted by molar-refractivity contribution is -0.116. The molecule has 1 aliphatic rings. The molecule has 7 nitrogen and oxygen atoms in total. The lowest BCUT2D eigenvalue weighted by Gasteiger charge is -2.13. The molecule has 1 aromatic carbocycles. The largest absolute Gasteiger partial charge is 0.495 e. The molecule has 4 N–H and O–H groups in total. The van der Waals surface area contributed by atoms with Gasteiger partial charge in [0.05, 0.1) is 7.11 Å². The van der Waals surface area contributed by atoms with Crippen LogP contribution in [0.1, 0.15) is 32.6 Å². The van der Waals surface area contributed by atoms with Gasteiger partial charge in [-0.25, -0.2) is 13.1 Å². The number of carbonyl (C=O) groups excluding carboxylic acids is 1. The van der Waals surface area contributed by atoms with Crippen LogP contribution in [-0.2, 0) is 14.8 Å². The van der Waals surface area contributed by atoms with E-state index in [1.54, 1.807) is 6.07 Å². The van der Waals surface area contributed by atoms with Crippen molar-refractivity contribution in [2.75, 3.05) is 12.4 Å². The monoisotopic (exact) mass is 377 g/mol. The number of nitrogens with one attached hydrogen (secondary N) is 2. The van der Waals surface area contributed by atoms with Crippen LogP contribution in [-0.4, -0.2) is 33.5 Å². The second kappa shape index (κ2) is 8.66. The first-order valence-corrected chi connectivity index (χ1v) is 9.06. The summed E-state index contributed by atoms with van der Waals surface area (Å²) in [5.74, 6) is 0.0395. The number of anilines is 1. The standard InChI is InChI=1S/C15H23N3O4S.ClH/c1-10(16)3-8-15(19)17-12-6-7-13(22-2)14(9-12)23(20,21)18-11-4-5-11;/h6-7,9-11,18H,3-5,8,16H2,1-2H3,(H,17,19);1H. The summed E-state index contributed by atoms with van der Waals surface area (Å²) in [4.78, 5) is 11.9. The van der Waals surface area contributed by atoms with E-state index >= 15 is 0 Å². The molecule has 1 aromatic rings. The zero-order valence-corrected chi connectivity index (χ0v) is 15.4. The number of benzene rings is 1.